The molecule has 2 N–H and O–H groups in total. The van der Waals surface area contributed by atoms with Gasteiger partial charge in [0.15, 0.2) is 0 Å². The van der Waals surface area contributed by atoms with E-state index in [-0.39, 0.29) is 18.4 Å². The largest absolute Gasteiger partial charge is 0.378 e. The number of halogens is 1. The van der Waals surface area contributed by atoms with Gasteiger partial charge in [0.1, 0.15) is 0 Å². The van der Waals surface area contributed by atoms with E-state index in [1.807, 2.05) is 13.0 Å². The van der Waals surface area contributed by atoms with E-state index in [1.54, 1.807) is 41.3 Å². The molecule has 1 saturated heterocycles. The Bertz CT molecular complexity index is 818. The zero-order chi connectivity index (χ0) is 19.2. The van der Waals surface area contributed by atoms with Gasteiger partial charge in [-0.3, -0.25) is 9.59 Å². The molecule has 0 radical (unpaired) electrons. The Labute approximate surface area is 163 Å². The van der Waals surface area contributed by atoms with Crippen molar-refractivity contribution in [1.82, 2.24) is 4.90 Å². The van der Waals surface area contributed by atoms with Crippen LogP contribution in [0.25, 0.3) is 0 Å². The van der Waals surface area contributed by atoms with E-state index < -0.39 is 0 Å². The summed E-state index contributed by atoms with van der Waals surface area (Å²) in [5.41, 5.74) is 3.03. The molecular formula is C20H22ClN3O3. The van der Waals surface area contributed by atoms with Crippen molar-refractivity contribution in [1.29, 1.82) is 0 Å². The van der Waals surface area contributed by atoms with Crippen molar-refractivity contribution in [2.24, 2.45) is 0 Å². The standard InChI is InChI=1S/C20H22ClN3O3/c1-14-2-5-16(21)12-18(14)23-19(25)13-22-17-6-3-15(4-7-17)20(26)24-8-10-27-11-9-24/h2-7,12,22H,8-11,13H2,1H3,(H,23,25). The van der Waals surface area contributed by atoms with Crippen LogP contribution in [0.3, 0.4) is 0 Å². The molecule has 142 valence electrons. The Balaban J connectivity index is 1.53. The fraction of sp³-hybridized carbons (Fsp3) is 0.300. The van der Waals surface area contributed by atoms with Gasteiger partial charge in [0.2, 0.25) is 5.91 Å². The van der Waals surface area contributed by atoms with E-state index in [4.69, 9.17) is 16.3 Å². The molecule has 1 fully saturated rings. The third kappa shape index (κ3) is 5.21. The van der Waals surface area contributed by atoms with Gasteiger partial charge >= 0.3 is 0 Å². The summed E-state index contributed by atoms with van der Waals surface area (Å²) in [4.78, 5) is 26.3. The molecule has 0 atom stereocenters. The number of rotatable bonds is 5. The fourth-order valence-electron chi connectivity index (χ4n) is 2.79. The number of amides is 2. The first-order valence-electron chi connectivity index (χ1n) is 8.80. The molecule has 6 nitrogen and oxygen atoms in total. The highest BCUT2D eigenvalue weighted by Crippen LogP contribution is 2.20. The quantitative estimate of drug-likeness (QED) is 0.826. The lowest BCUT2D eigenvalue weighted by molar-refractivity contribution is -0.114. The maximum atomic E-state index is 12.4. The van der Waals surface area contributed by atoms with Gasteiger partial charge < -0.3 is 20.3 Å². The Morgan fingerprint density at radius 1 is 1.11 bits per heavy atom. The van der Waals surface area contributed by atoms with Crippen LogP contribution in [0.5, 0.6) is 0 Å². The summed E-state index contributed by atoms with van der Waals surface area (Å²) >= 11 is 5.96. The number of carbonyl (C=O) groups excluding carboxylic acids is 2. The molecule has 2 aromatic rings. The van der Waals surface area contributed by atoms with Gasteiger partial charge in [0.25, 0.3) is 5.91 Å². The first-order chi connectivity index (χ1) is 13.0. The Kier molecular flexibility index (Phi) is 6.32. The zero-order valence-corrected chi connectivity index (χ0v) is 15.9. The second-order valence-electron chi connectivity index (χ2n) is 6.34. The van der Waals surface area contributed by atoms with Crippen LogP contribution in [-0.2, 0) is 9.53 Å². The number of nitrogens with zero attached hydrogens (tertiary/aromatic N) is 1. The third-order valence-electron chi connectivity index (χ3n) is 4.36. The molecule has 0 spiro atoms. The summed E-state index contributed by atoms with van der Waals surface area (Å²) in [7, 11) is 0. The Morgan fingerprint density at radius 3 is 2.52 bits per heavy atom. The molecule has 1 heterocycles. The summed E-state index contributed by atoms with van der Waals surface area (Å²) in [5.74, 6) is -0.173. The SMILES string of the molecule is Cc1ccc(Cl)cc1NC(=O)CNc1ccc(C(=O)N2CCOCC2)cc1. The van der Waals surface area contributed by atoms with E-state index >= 15 is 0 Å². The summed E-state index contributed by atoms with van der Waals surface area (Å²) in [6.45, 7) is 4.40. The second kappa shape index (κ2) is 8.88. The highest BCUT2D eigenvalue weighted by molar-refractivity contribution is 6.31. The van der Waals surface area contributed by atoms with Gasteiger partial charge in [-0.25, -0.2) is 0 Å². The minimum absolute atomic E-state index is 0.000903. The number of morpholine rings is 1. The molecule has 1 aliphatic heterocycles. The number of carbonyl (C=O) groups is 2. The summed E-state index contributed by atoms with van der Waals surface area (Å²) in [6, 6.07) is 12.5. The highest BCUT2D eigenvalue weighted by atomic mass is 35.5. The van der Waals surface area contributed by atoms with Crippen LogP contribution in [-0.4, -0.2) is 49.6 Å². The number of ether oxygens (including phenoxy) is 1. The molecule has 0 bridgehead atoms. The minimum atomic E-state index is -0.172. The molecular weight excluding hydrogens is 366 g/mol. The van der Waals surface area contributed by atoms with E-state index in [2.05, 4.69) is 10.6 Å². The molecule has 0 unspecified atom stereocenters. The maximum absolute atomic E-state index is 12.4. The summed E-state index contributed by atoms with van der Waals surface area (Å²) in [5, 5.41) is 6.46. The number of benzene rings is 2. The lowest BCUT2D eigenvalue weighted by atomic mass is 10.1. The first-order valence-corrected chi connectivity index (χ1v) is 9.18. The third-order valence-corrected chi connectivity index (χ3v) is 4.59. The van der Waals surface area contributed by atoms with Gasteiger partial charge in [0, 0.05) is 35.1 Å². The van der Waals surface area contributed by atoms with Crippen LogP contribution in [0.2, 0.25) is 5.02 Å². The van der Waals surface area contributed by atoms with Crippen LogP contribution in [0.1, 0.15) is 15.9 Å². The lowest BCUT2D eigenvalue weighted by Crippen LogP contribution is -2.40. The smallest absolute Gasteiger partial charge is 0.254 e. The van der Waals surface area contributed by atoms with Crippen molar-refractivity contribution in [2.45, 2.75) is 6.92 Å². The molecule has 0 aliphatic carbocycles. The Morgan fingerprint density at radius 2 is 1.81 bits per heavy atom. The molecule has 1 aliphatic rings. The van der Waals surface area contributed by atoms with Crippen LogP contribution in [0.4, 0.5) is 11.4 Å². The van der Waals surface area contributed by atoms with Crippen molar-refractivity contribution in [2.75, 3.05) is 43.5 Å². The second-order valence-corrected chi connectivity index (χ2v) is 6.78. The molecule has 7 heteroatoms. The van der Waals surface area contributed by atoms with Gasteiger partial charge in [-0.05, 0) is 48.9 Å². The van der Waals surface area contributed by atoms with Crippen molar-refractivity contribution >= 4 is 34.8 Å². The number of aryl methyl sites for hydroxylation is 1. The van der Waals surface area contributed by atoms with Crippen LogP contribution >= 0.6 is 11.6 Å². The molecule has 3 rings (SSSR count). The number of hydrogen-bond donors (Lipinski definition) is 2. The van der Waals surface area contributed by atoms with Crippen molar-refractivity contribution < 1.29 is 14.3 Å². The van der Waals surface area contributed by atoms with Crippen LogP contribution in [0.15, 0.2) is 42.5 Å². The van der Waals surface area contributed by atoms with Crippen molar-refractivity contribution in [3.63, 3.8) is 0 Å². The van der Waals surface area contributed by atoms with Crippen LogP contribution in [0, 0.1) is 6.92 Å². The van der Waals surface area contributed by atoms with Gasteiger partial charge in [-0.2, -0.15) is 0 Å². The topological polar surface area (TPSA) is 70.7 Å². The first kappa shape index (κ1) is 19.2. The summed E-state index contributed by atoms with van der Waals surface area (Å²) in [6.07, 6.45) is 0. The normalized spacial score (nSPS) is 13.9. The lowest BCUT2D eigenvalue weighted by Gasteiger charge is -2.26. The van der Waals surface area contributed by atoms with Crippen molar-refractivity contribution in [3.05, 3.63) is 58.6 Å². The molecule has 27 heavy (non-hydrogen) atoms. The molecule has 0 saturated carbocycles. The van der Waals surface area contributed by atoms with Gasteiger partial charge in [0.05, 0.1) is 19.8 Å². The number of anilines is 2. The van der Waals surface area contributed by atoms with E-state index in [1.165, 1.54) is 0 Å². The number of hydrogen-bond acceptors (Lipinski definition) is 4. The van der Waals surface area contributed by atoms with Gasteiger partial charge in [-0.15, -0.1) is 0 Å². The Hall–Kier alpha value is -2.57. The van der Waals surface area contributed by atoms with E-state index in [0.29, 0.717) is 42.6 Å². The highest BCUT2D eigenvalue weighted by Gasteiger charge is 2.18. The molecule has 2 amide bonds. The van der Waals surface area contributed by atoms with E-state index in [9.17, 15) is 9.59 Å². The van der Waals surface area contributed by atoms with Crippen molar-refractivity contribution in [3.8, 4) is 0 Å². The predicted octanol–water partition coefficient (Wildman–Crippen LogP) is 3.17. The monoisotopic (exact) mass is 387 g/mol. The zero-order valence-electron chi connectivity index (χ0n) is 15.1. The average molecular weight is 388 g/mol. The number of nitrogens with one attached hydrogen (secondary N) is 2. The summed E-state index contributed by atoms with van der Waals surface area (Å²) < 4.78 is 5.27. The van der Waals surface area contributed by atoms with Crippen LogP contribution < -0.4 is 10.6 Å². The average Bonchev–Trinajstić information content (AvgIpc) is 2.70. The molecule has 2 aromatic carbocycles. The predicted molar refractivity (Wildman–Crippen MR) is 106 cm³/mol. The molecule has 0 aromatic heterocycles. The van der Waals surface area contributed by atoms with Gasteiger partial charge in [-0.1, -0.05) is 17.7 Å². The van der Waals surface area contributed by atoms with E-state index in [0.717, 1.165) is 11.3 Å². The minimum Gasteiger partial charge on any atom is -0.378 e. The fourth-order valence-corrected chi connectivity index (χ4v) is 2.96. The maximum Gasteiger partial charge on any atom is 0.254 e.